The molecule has 13 heteroatoms. The Bertz CT molecular complexity index is 669. The summed E-state index contributed by atoms with van der Waals surface area (Å²) in [6.07, 6.45) is -2.97. The number of nitrogens with one attached hydrogen (secondary N) is 3. The molecule has 0 saturated heterocycles. The van der Waals surface area contributed by atoms with Crippen molar-refractivity contribution >= 4 is 29.6 Å². The quantitative estimate of drug-likeness (QED) is 0.140. The predicted molar refractivity (Wildman–Crippen MR) is 108 cm³/mol. The highest BCUT2D eigenvalue weighted by atomic mass is 16.4. The van der Waals surface area contributed by atoms with Gasteiger partial charge in [0, 0.05) is 0 Å². The first-order valence-corrected chi connectivity index (χ1v) is 9.76. The smallest absolute Gasteiger partial charge is 0.328 e. The van der Waals surface area contributed by atoms with Crippen LogP contribution in [0, 0.1) is 5.92 Å². The van der Waals surface area contributed by atoms with Crippen LogP contribution in [0.5, 0.6) is 0 Å². The number of carbonyl (C=O) groups is 5. The Morgan fingerprint density at radius 3 is 1.71 bits per heavy atom. The molecule has 10 N–H and O–H groups in total. The molecule has 0 aliphatic rings. The molecule has 0 aliphatic carbocycles. The number of carboxylic acids is 1. The molecule has 0 fully saturated rings. The Morgan fingerprint density at radius 1 is 0.839 bits per heavy atom. The number of hydrogen-bond donors (Lipinski definition) is 8. The van der Waals surface area contributed by atoms with Crippen LogP contribution < -0.4 is 27.4 Å². The Labute approximate surface area is 179 Å². The van der Waals surface area contributed by atoms with E-state index in [1.807, 2.05) is 12.2 Å². The monoisotopic (exact) mass is 447 g/mol. The number of hydrogen-bond acceptors (Lipinski definition) is 8. The number of aliphatic hydroxyl groups excluding tert-OH is 2. The molecule has 0 aliphatic heterocycles. The summed E-state index contributed by atoms with van der Waals surface area (Å²) in [6.45, 7) is 5.83. The van der Waals surface area contributed by atoms with Crippen LogP contribution in [0.15, 0.2) is 0 Å². The average Bonchev–Trinajstić information content (AvgIpc) is 2.66. The topological polar surface area (TPSA) is 234 Å². The molecule has 0 aromatic heterocycles. The Morgan fingerprint density at radius 2 is 1.32 bits per heavy atom. The molecule has 0 aromatic rings. The molecule has 0 heterocycles. The van der Waals surface area contributed by atoms with Gasteiger partial charge >= 0.3 is 5.97 Å². The van der Waals surface area contributed by atoms with Crippen molar-refractivity contribution in [2.45, 2.75) is 76.9 Å². The number of nitrogens with two attached hydrogens (primary N) is 2. The molecule has 7 atom stereocenters. The first-order valence-electron chi connectivity index (χ1n) is 9.76. The zero-order valence-electron chi connectivity index (χ0n) is 18.0. The van der Waals surface area contributed by atoms with Gasteiger partial charge < -0.3 is 42.7 Å². The summed E-state index contributed by atoms with van der Waals surface area (Å²) < 4.78 is 0. The number of aliphatic carboxylic acids is 1. The van der Waals surface area contributed by atoms with Crippen LogP contribution in [0.25, 0.3) is 0 Å². The average molecular weight is 447 g/mol. The summed E-state index contributed by atoms with van der Waals surface area (Å²) in [5.41, 5.74) is 10.9. The van der Waals surface area contributed by atoms with Gasteiger partial charge in [0.2, 0.25) is 23.6 Å². The van der Waals surface area contributed by atoms with Gasteiger partial charge in [0.05, 0.1) is 24.7 Å². The molecule has 0 aromatic carbocycles. The number of aliphatic hydroxyl groups is 2. The summed E-state index contributed by atoms with van der Waals surface area (Å²) in [5.74, 6) is -5.51. The molecule has 0 radical (unpaired) electrons. The minimum atomic E-state index is -1.69. The van der Waals surface area contributed by atoms with Crippen LogP contribution in [0.3, 0.4) is 0 Å². The highest BCUT2D eigenvalue weighted by Crippen LogP contribution is 2.07. The van der Waals surface area contributed by atoms with E-state index in [1.54, 1.807) is 6.92 Å². The van der Waals surface area contributed by atoms with Gasteiger partial charge in [-0.05, 0) is 19.8 Å². The molecule has 0 saturated carbocycles. The van der Waals surface area contributed by atoms with Gasteiger partial charge in [-0.15, -0.1) is 0 Å². The maximum absolute atomic E-state index is 12.6. The number of carbonyl (C=O) groups excluding carboxylic acids is 4. The number of amides is 4. The number of carboxylic acid groups (broad SMARTS) is 1. The van der Waals surface area contributed by atoms with Crippen molar-refractivity contribution in [1.29, 1.82) is 0 Å². The summed E-state index contributed by atoms with van der Waals surface area (Å²) in [5, 5.41) is 34.9. The minimum absolute atomic E-state index is 0.221. The second-order valence-corrected chi connectivity index (χ2v) is 7.43. The molecule has 13 nitrogen and oxygen atoms in total. The van der Waals surface area contributed by atoms with Crippen LogP contribution >= 0.6 is 0 Å². The lowest BCUT2D eigenvalue weighted by atomic mass is 9.99. The van der Waals surface area contributed by atoms with E-state index >= 15 is 0 Å². The SMILES string of the molecule is CCC(C)C(N)C(=O)NC(CC(N)=O)C(=O)NC(C(=O)NC(C(=O)O)C(C)O)C(C)O. The molecule has 31 heavy (non-hydrogen) atoms. The van der Waals surface area contributed by atoms with Gasteiger partial charge in [0.25, 0.3) is 0 Å². The van der Waals surface area contributed by atoms with Crippen LogP contribution in [0.4, 0.5) is 0 Å². The van der Waals surface area contributed by atoms with Gasteiger partial charge in [-0.1, -0.05) is 20.3 Å². The van der Waals surface area contributed by atoms with Gasteiger partial charge in [-0.2, -0.15) is 0 Å². The van der Waals surface area contributed by atoms with E-state index in [0.717, 1.165) is 13.8 Å². The zero-order valence-corrected chi connectivity index (χ0v) is 18.0. The lowest BCUT2D eigenvalue weighted by Crippen LogP contribution is -2.61. The fraction of sp³-hybridized carbons (Fsp3) is 0.722. The third-order valence-corrected chi connectivity index (χ3v) is 4.71. The molecule has 0 rings (SSSR count). The molecular formula is C18H33N5O8. The number of primary amides is 1. The Kier molecular flexibility index (Phi) is 11.7. The van der Waals surface area contributed by atoms with E-state index < -0.39 is 72.4 Å². The zero-order chi connectivity index (χ0) is 24.5. The third-order valence-electron chi connectivity index (χ3n) is 4.71. The van der Waals surface area contributed by atoms with Crippen LogP contribution in [-0.4, -0.2) is 81.3 Å². The van der Waals surface area contributed by atoms with Gasteiger partial charge in [0.15, 0.2) is 6.04 Å². The first-order chi connectivity index (χ1) is 14.2. The molecule has 7 unspecified atom stereocenters. The minimum Gasteiger partial charge on any atom is -0.480 e. The van der Waals surface area contributed by atoms with Crippen molar-refractivity contribution in [1.82, 2.24) is 16.0 Å². The van der Waals surface area contributed by atoms with E-state index in [-0.39, 0.29) is 5.92 Å². The molecule has 4 amide bonds. The first kappa shape index (κ1) is 28.2. The fourth-order valence-electron chi connectivity index (χ4n) is 2.48. The summed E-state index contributed by atoms with van der Waals surface area (Å²) in [6, 6.07) is -5.79. The number of rotatable bonds is 13. The molecule has 0 bridgehead atoms. The van der Waals surface area contributed by atoms with E-state index in [4.69, 9.17) is 16.6 Å². The van der Waals surface area contributed by atoms with E-state index in [9.17, 15) is 34.2 Å². The van der Waals surface area contributed by atoms with Crippen molar-refractivity contribution in [3.8, 4) is 0 Å². The van der Waals surface area contributed by atoms with E-state index in [0.29, 0.717) is 6.42 Å². The Balaban J connectivity index is 5.48. The lowest BCUT2D eigenvalue weighted by Gasteiger charge is -2.27. The summed E-state index contributed by atoms with van der Waals surface area (Å²) >= 11 is 0. The summed E-state index contributed by atoms with van der Waals surface area (Å²) in [4.78, 5) is 59.8. The lowest BCUT2D eigenvalue weighted by molar-refractivity contribution is -0.146. The van der Waals surface area contributed by atoms with Crippen molar-refractivity contribution in [3.63, 3.8) is 0 Å². The van der Waals surface area contributed by atoms with Gasteiger partial charge in [-0.3, -0.25) is 19.2 Å². The largest absolute Gasteiger partial charge is 0.480 e. The third kappa shape index (κ3) is 9.27. The molecular weight excluding hydrogens is 414 g/mol. The maximum Gasteiger partial charge on any atom is 0.328 e. The van der Waals surface area contributed by atoms with Crippen molar-refractivity contribution in [3.05, 3.63) is 0 Å². The van der Waals surface area contributed by atoms with Crippen molar-refractivity contribution in [2.24, 2.45) is 17.4 Å². The van der Waals surface area contributed by atoms with Crippen LogP contribution in [0.1, 0.15) is 40.5 Å². The normalized spacial score (nSPS) is 17.8. The highest BCUT2D eigenvalue weighted by molar-refractivity contribution is 5.96. The second kappa shape index (κ2) is 12.8. The fourth-order valence-corrected chi connectivity index (χ4v) is 2.48. The molecule has 0 spiro atoms. The van der Waals surface area contributed by atoms with Gasteiger partial charge in [0.1, 0.15) is 12.1 Å². The van der Waals surface area contributed by atoms with E-state index in [2.05, 4.69) is 10.6 Å². The van der Waals surface area contributed by atoms with Crippen LogP contribution in [0.2, 0.25) is 0 Å². The van der Waals surface area contributed by atoms with E-state index in [1.165, 1.54) is 0 Å². The maximum atomic E-state index is 12.6. The van der Waals surface area contributed by atoms with Crippen LogP contribution in [-0.2, 0) is 24.0 Å². The summed E-state index contributed by atoms with van der Waals surface area (Å²) in [7, 11) is 0. The van der Waals surface area contributed by atoms with Crippen molar-refractivity contribution in [2.75, 3.05) is 0 Å². The Hall–Kier alpha value is -2.77. The highest BCUT2D eigenvalue weighted by Gasteiger charge is 2.34. The van der Waals surface area contributed by atoms with Gasteiger partial charge in [-0.25, -0.2) is 4.79 Å². The second-order valence-electron chi connectivity index (χ2n) is 7.43. The standard InChI is InChI=1S/C18H33N5O8/c1-5-7(2)12(20)16(28)21-10(6-11(19)26)15(27)22-13(8(3)24)17(29)23-14(9(4)25)18(30)31/h7-10,12-14,24-25H,5-6,20H2,1-4H3,(H2,19,26)(H,21,28)(H,22,27)(H,23,29)(H,30,31). The van der Waals surface area contributed by atoms with Crippen molar-refractivity contribution < 1.29 is 39.3 Å². The molecule has 178 valence electrons. The predicted octanol–water partition coefficient (Wildman–Crippen LogP) is -3.46.